The predicted octanol–water partition coefficient (Wildman–Crippen LogP) is -3.01. The van der Waals surface area contributed by atoms with Gasteiger partial charge in [-0.05, 0) is 0 Å². The lowest BCUT2D eigenvalue weighted by atomic mass is 10.1. The second-order valence-electron chi connectivity index (χ2n) is 2.59. The van der Waals surface area contributed by atoms with Gasteiger partial charge in [-0.25, -0.2) is 4.79 Å². The number of aliphatic hydroxyl groups excluding tert-OH is 4. The number of hydrogen-bond acceptors (Lipinski definition) is 6. The molecule has 6 nitrogen and oxygen atoms in total. The van der Waals surface area contributed by atoms with Crippen LogP contribution in [0.15, 0.2) is 0 Å². The molecule has 0 aliphatic carbocycles. The van der Waals surface area contributed by atoms with Crippen molar-refractivity contribution in [3.8, 4) is 0 Å². The molecule has 0 aromatic carbocycles. The molecule has 0 aromatic heterocycles. The van der Waals surface area contributed by atoms with Crippen LogP contribution in [0.4, 0.5) is 0 Å². The van der Waals surface area contributed by atoms with E-state index in [0.29, 0.717) is 0 Å². The van der Waals surface area contributed by atoms with Crippen LogP contribution >= 0.6 is 0 Å². The van der Waals surface area contributed by atoms with Crippen molar-refractivity contribution in [3.63, 3.8) is 0 Å². The van der Waals surface area contributed by atoms with E-state index >= 15 is 0 Å². The van der Waals surface area contributed by atoms with Gasteiger partial charge in [-0.1, -0.05) is 0 Å². The maximum absolute atomic E-state index is 10.6. The Bertz CT molecular complexity index is 181. The normalized spacial score (nSPS) is 38.0. The molecule has 0 amide bonds. The Morgan fingerprint density at radius 3 is 2.42 bits per heavy atom. The van der Waals surface area contributed by atoms with Gasteiger partial charge in [-0.3, -0.25) is 0 Å². The van der Waals surface area contributed by atoms with Gasteiger partial charge in [0, 0.05) is 0 Å². The molecule has 4 N–H and O–H groups in total. The second kappa shape index (κ2) is 3.36. The van der Waals surface area contributed by atoms with Crippen molar-refractivity contribution < 1.29 is 30.0 Å². The smallest absolute Gasteiger partial charge is 0.338 e. The van der Waals surface area contributed by atoms with Crippen LogP contribution in [0.2, 0.25) is 0 Å². The van der Waals surface area contributed by atoms with E-state index in [4.69, 9.17) is 20.4 Å². The van der Waals surface area contributed by atoms with Crippen molar-refractivity contribution in [2.75, 3.05) is 6.61 Å². The minimum atomic E-state index is -1.63. The molecule has 1 aliphatic heterocycles. The number of aliphatic hydroxyl groups is 4. The van der Waals surface area contributed by atoms with Crippen molar-refractivity contribution in [2.24, 2.45) is 0 Å². The number of cyclic esters (lactones) is 1. The molecule has 1 heterocycles. The Labute approximate surface area is 68.0 Å². The summed E-state index contributed by atoms with van der Waals surface area (Å²) in [6.07, 6.45) is -5.70. The summed E-state index contributed by atoms with van der Waals surface area (Å²) < 4.78 is 4.39. The minimum Gasteiger partial charge on any atom is -0.455 e. The van der Waals surface area contributed by atoms with Crippen LogP contribution in [0.25, 0.3) is 0 Å². The minimum absolute atomic E-state index is 0.637. The third kappa shape index (κ3) is 1.42. The van der Waals surface area contributed by atoms with Gasteiger partial charge < -0.3 is 25.2 Å². The number of carbonyl (C=O) groups excluding carboxylic acids is 1. The van der Waals surface area contributed by atoms with E-state index in [9.17, 15) is 4.79 Å². The van der Waals surface area contributed by atoms with Gasteiger partial charge in [0.2, 0.25) is 0 Å². The van der Waals surface area contributed by atoms with Crippen LogP contribution in [-0.4, -0.2) is 57.4 Å². The van der Waals surface area contributed by atoms with Crippen molar-refractivity contribution >= 4 is 5.97 Å². The molecular weight excluding hydrogens is 168 g/mol. The quantitative estimate of drug-likeness (QED) is 0.335. The zero-order valence-electron chi connectivity index (χ0n) is 6.12. The molecule has 12 heavy (non-hydrogen) atoms. The topological polar surface area (TPSA) is 107 Å². The fourth-order valence-electron chi connectivity index (χ4n) is 1.00. The van der Waals surface area contributed by atoms with E-state index in [1.54, 1.807) is 0 Å². The van der Waals surface area contributed by atoms with E-state index in [-0.39, 0.29) is 0 Å². The van der Waals surface area contributed by atoms with Gasteiger partial charge in [-0.15, -0.1) is 0 Å². The van der Waals surface area contributed by atoms with Crippen molar-refractivity contribution in [1.29, 1.82) is 0 Å². The number of rotatable bonds is 2. The van der Waals surface area contributed by atoms with Crippen molar-refractivity contribution in [2.45, 2.75) is 24.4 Å². The molecule has 6 heteroatoms. The van der Waals surface area contributed by atoms with Crippen LogP contribution in [0.5, 0.6) is 0 Å². The molecular formula is C6H10O6. The molecule has 0 saturated carbocycles. The zero-order chi connectivity index (χ0) is 9.30. The molecule has 1 saturated heterocycles. The van der Waals surface area contributed by atoms with Crippen LogP contribution in [0.1, 0.15) is 0 Å². The van der Waals surface area contributed by atoms with E-state index in [2.05, 4.69) is 4.74 Å². The largest absolute Gasteiger partial charge is 0.455 e. The highest BCUT2D eigenvalue weighted by Crippen LogP contribution is 2.18. The molecule has 1 rings (SSSR count). The second-order valence-corrected chi connectivity index (χ2v) is 2.59. The summed E-state index contributed by atoms with van der Waals surface area (Å²) in [6, 6.07) is 0. The third-order valence-corrected chi connectivity index (χ3v) is 1.72. The highest BCUT2D eigenvalue weighted by molar-refractivity contribution is 5.77. The maximum Gasteiger partial charge on any atom is 0.338 e. The summed E-state index contributed by atoms with van der Waals surface area (Å²) in [5, 5.41) is 35.3. The highest BCUT2D eigenvalue weighted by Gasteiger charge is 2.45. The number of esters is 1. The lowest BCUT2D eigenvalue weighted by Gasteiger charge is -2.17. The average molecular weight is 178 g/mol. The Balaban J connectivity index is 2.64. The van der Waals surface area contributed by atoms with Gasteiger partial charge in [0.05, 0.1) is 6.61 Å². The molecule has 0 bridgehead atoms. The summed E-state index contributed by atoms with van der Waals surface area (Å²) >= 11 is 0. The third-order valence-electron chi connectivity index (χ3n) is 1.72. The molecule has 0 radical (unpaired) electrons. The Kier molecular flexibility index (Phi) is 2.63. The highest BCUT2D eigenvalue weighted by atomic mass is 16.6. The lowest BCUT2D eigenvalue weighted by molar-refractivity contribution is -0.151. The van der Waals surface area contributed by atoms with Crippen LogP contribution in [0, 0.1) is 0 Å². The maximum atomic E-state index is 10.6. The van der Waals surface area contributed by atoms with Gasteiger partial charge >= 0.3 is 5.97 Å². The predicted molar refractivity (Wildman–Crippen MR) is 35.0 cm³/mol. The molecule has 0 aromatic rings. The molecule has 4 atom stereocenters. The van der Waals surface area contributed by atoms with Crippen LogP contribution < -0.4 is 0 Å². The molecule has 1 aliphatic rings. The van der Waals surface area contributed by atoms with Crippen molar-refractivity contribution in [3.05, 3.63) is 0 Å². The number of hydrogen-bond donors (Lipinski definition) is 4. The first-order valence-corrected chi connectivity index (χ1v) is 3.43. The fraction of sp³-hybridized carbons (Fsp3) is 0.833. The van der Waals surface area contributed by atoms with Gasteiger partial charge in [-0.2, -0.15) is 0 Å². The molecule has 1 fully saturated rings. The summed E-state index contributed by atoms with van der Waals surface area (Å²) in [6.45, 7) is -0.637. The van der Waals surface area contributed by atoms with Gasteiger partial charge in [0.25, 0.3) is 0 Å². The average Bonchev–Trinajstić information content (AvgIpc) is 2.32. The van der Waals surface area contributed by atoms with E-state index in [1.807, 2.05) is 0 Å². The summed E-state index contributed by atoms with van der Waals surface area (Å²) in [4.78, 5) is 10.6. The first kappa shape index (κ1) is 9.40. The first-order chi connectivity index (χ1) is 5.57. The Morgan fingerprint density at radius 2 is 2.08 bits per heavy atom. The lowest BCUT2D eigenvalue weighted by Crippen LogP contribution is -2.40. The monoisotopic (exact) mass is 178 g/mol. The van der Waals surface area contributed by atoms with Crippen LogP contribution in [0.3, 0.4) is 0 Å². The van der Waals surface area contributed by atoms with E-state index in [0.717, 1.165) is 0 Å². The van der Waals surface area contributed by atoms with Crippen LogP contribution in [-0.2, 0) is 9.53 Å². The van der Waals surface area contributed by atoms with Gasteiger partial charge in [0.1, 0.15) is 12.2 Å². The Morgan fingerprint density at radius 1 is 1.50 bits per heavy atom. The summed E-state index contributed by atoms with van der Waals surface area (Å²) in [5.74, 6) is -0.986. The summed E-state index contributed by atoms with van der Waals surface area (Å²) in [7, 11) is 0. The first-order valence-electron chi connectivity index (χ1n) is 3.43. The summed E-state index contributed by atoms with van der Waals surface area (Å²) in [5.41, 5.74) is 0. The number of carbonyl (C=O) groups is 1. The van der Waals surface area contributed by atoms with E-state index in [1.165, 1.54) is 0 Å². The molecule has 0 spiro atoms. The molecule has 70 valence electrons. The Hall–Kier alpha value is -0.690. The van der Waals surface area contributed by atoms with Crippen molar-refractivity contribution in [1.82, 2.24) is 0 Å². The van der Waals surface area contributed by atoms with Gasteiger partial charge in [0.15, 0.2) is 12.2 Å². The molecule has 0 unspecified atom stereocenters. The fourth-order valence-corrected chi connectivity index (χ4v) is 1.00. The zero-order valence-corrected chi connectivity index (χ0v) is 6.12. The SMILES string of the molecule is O=C1O[C@@H]([C@@H](O)CO)[C@H](O)[C@H]1O. The van der Waals surface area contributed by atoms with E-state index < -0.39 is 37.0 Å². The number of ether oxygens (including phenoxy) is 1. The standard InChI is InChI=1S/C6H10O6/c7-1-2(8)5-3(9)4(10)6(11)12-5/h2-5,7-10H,1H2/t2-,3+,4+,5-/m0/s1.